The number of benzene rings is 1. The van der Waals surface area contributed by atoms with Crippen LogP contribution in [0.4, 0.5) is 16.6 Å². The topological polar surface area (TPSA) is 120 Å². The predicted octanol–water partition coefficient (Wildman–Crippen LogP) is 4.13. The van der Waals surface area contributed by atoms with E-state index >= 15 is 0 Å². The molecule has 3 rings (SSSR count). The molecule has 0 saturated heterocycles. The lowest BCUT2D eigenvalue weighted by molar-refractivity contribution is -0.143. The highest BCUT2D eigenvalue weighted by Gasteiger charge is 2.17. The van der Waals surface area contributed by atoms with Crippen molar-refractivity contribution in [3.63, 3.8) is 0 Å². The zero-order valence-electron chi connectivity index (χ0n) is 19.0. The Balaban J connectivity index is 1.77. The van der Waals surface area contributed by atoms with E-state index in [0.717, 1.165) is 31.2 Å². The van der Waals surface area contributed by atoms with Gasteiger partial charge in [-0.15, -0.1) is 0 Å². The summed E-state index contributed by atoms with van der Waals surface area (Å²) < 4.78 is 11.9. The quantitative estimate of drug-likeness (QED) is 0.310. The van der Waals surface area contributed by atoms with Crippen LogP contribution in [0.15, 0.2) is 36.7 Å². The molecule has 0 aliphatic rings. The van der Waals surface area contributed by atoms with Gasteiger partial charge in [-0.2, -0.15) is 9.97 Å². The van der Waals surface area contributed by atoms with E-state index in [0.29, 0.717) is 23.7 Å². The Hall–Kier alpha value is -3.69. The fourth-order valence-electron chi connectivity index (χ4n) is 3.18. The zero-order chi connectivity index (χ0) is 23.5. The number of esters is 1. The summed E-state index contributed by atoms with van der Waals surface area (Å²) >= 11 is 0. The number of imidazole rings is 1. The molecule has 33 heavy (non-hydrogen) atoms. The number of nitrogens with zero attached hydrogens (tertiary/aromatic N) is 4. The van der Waals surface area contributed by atoms with Crippen LogP contribution in [0, 0.1) is 0 Å². The molecule has 2 aromatic heterocycles. The second-order valence-electron chi connectivity index (χ2n) is 7.42. The summed E-state index contributed by atoms with van der Waals surface area (Å²) in [6.07, 6.45) is 5.19. The monoisotopic (exact) mass is 454 g/mol. The number of rotatable bonds is 12. The van der Waals surface area contributed by atoms with Gasteiger partial charge >= 0.3 is 12.1 Å². The van der Waals surface area contributed by atoms with E-state index < -0.39 is 12.1 Å². The van der Waals surface area contributed by atoms with Crippen LogP contribution in [0.2, 0.25) is 0 Å². The second kappa shape index (κ2) is 12.4. The number of carbonyl (C=O) groups excluding carboxylic acids is 2. The van der Waals surface area contributed by atoms with Gasteiger partial charge in [-0.25, -0.2) is 9.78 Å². The molecular weight excluding hydrogens is 424 g/mol. The zero-order valence-corrected chi connectivity index (χ0v) is 19.0. The van der Waals surface area contributed by atoms with Gasteiger partial charge in [-0.05, 0) is 18.9 Å². The van der Waals surface area contributed by atoms with E-state index in [1.807, 2.05) is 30.3 Å². The van der Waals surface area contributed by atoms with Gasteiger partial charge in [-0.1, -0.05) is 56.5 Å². The van der Waals surface area contributed by atoms with Crippen molar-refractivity contribution >= 4 is 35.0 Å². The molecule has 0 unspecified atom stereocenters. The third-order valence-corrected chi connectivity index (χ3v) is 4.82. The summed E-state index contributed by atoms with van der Waals surface area (Å²) in [6, 6.07) is 9.38. The molecule has 0 atom stereocenters. The molecule has 0 aliphatic heterocycles. The van der Waals surface area contributed by atoms with E-state index in [9.17, 15) is 9.59 Å². The Morgan fingerprint density at radius 2 is 1.85 bits per heavy atom. The summed E-state index contributed by atoms with van der Waals surface area (Å²) in [4.78, 5) is 37.6. The number of nitrogens with one attached hydrogen (secondary N) is 2. The van der Waals surface area contributed by atoms with Crippen molar-refractivity contribution in [3.8, 4) is 0 Å². The van der Waals surface area contributed by atoms with E-state index in [-0.39, 0.29) is 25.6 Å². The van der Waals surface area contributed by atoms with Crippen LogP contribution in [0.1, 0.15) is 45.1 Å². The molecule has 0 saturated carbocycles. The maximum atomic E-state index is 12.4. The number of anilines is 2. The highest BCUT2D eigenvalue weighted by molar-refractivity contribution is 5.94. The predicted molar refractivity (Wildman–Crippen MR) is 125 cm³/mol. The summed E-state index contributed by atoms with van der Waals surface area (Å²) in [5.74, 6) is 0.140. The van der Waals surface area contributed by atoms with Crippen LogP contribution in [0.3, 0.4) is 0 Å². The highest BCUT2D eigenvalue weighted by Crippen LogP contribution is 2.21. The lowest BCUT2D eigenvalue weighted by atomic mass is 10.2. The third-order valence-electron chi connectivity index (χ3n) is 4.82. The number of amides is 1. The summed E-state index contributed by atoms with van der Waals surface area (Å²) in [5.41, 5.74) is 1.63. The van der Waals surface area contributed by atoms with Gasteiger partial charge in [-0.3, -0.25) is 10.1 Å². The number of aromatic nitrogens is 4. The SMILES string of the molecule is CCCCCCNc1nc(NC(=O)OCc2ccccc2)c2ncn(CC(=O)OCC)c2n1. The maximum absolute atomic E-state index is 12.4. The molecule has 0 spiro atoms. The number of ether oxygens (including phenoxy) is 2. The number of fused-ring (bicyclic) bond motifs is 1. The van der Waals surface area contributed by atoms with Gasteiger partial charge in [0.2, 0.25) is 5.95 Å². The van der Waals surface area contributed by atoms with Crippen LogP contribution >= 0.6 is 0 Å². The molecule has 0 bridgehead atoms. The molecule has 1 amide bonds. The first-order chi connectivity index (χ1) is 16.1. The average molecular weight is 455 g/mol. The summed E-state index contributed by atoms with van der Waals surface area (Å²) in [5, 5.41) is 5.84. The highest BCUT2D eigenvalue weighted by atomic mass is 16.5. The van der Waals surface area contributed by atoms with Crippen molar-refractivity contribution in [1.82, 2.24) is 19.5 Å². The minimum Gasteiger partial charge on any atom is -0.465 e. The van der Waals surface area contributed by atoms with Crippen molar-refractivity contribution in [2.45, 2.75) is 52.7 Å². The number of hydrogen-bond donors (Lipinski definition) is 2. The standard InChI is InChI=1S/C23H30N6O4/c1-3-5-6-10-13-24-22-26-20(27-23(31)33-15-17-11-8-7-9-12-17)19-21(28-22)29(16-25-19)14-18(30)32-4-2/h7-9,11-12,16H,3-6,10,13-15H2,1-2H3,(H2,24,26,27,28,31). The van der Waals surface area contributed by atoms with Crippen molar-refractivity contribution in [1.29, 1.82) is 0 Å². The van der Waals surface area contributed by atoms with Crippen molar-refractivity contribution in [2.75, 3.05) is 23.8 Å². The van der Waals surface area contributed by atoms with E-state index in [4.69, 9.17) is 9.47 Å². The Kier molecular flexibility index (Phi) is 8.98. The molecule has 0 fully saturated rings. The lowest BCUT2D eigenvalue weighted by Gasteiger charge is -2.10. The number of hydrogen-bond acceptors (Lipinski definition) is 8. The molecule has 10 nitrogen and oxygen atoms in total. The minimum atomic E-state index is -0.660. The van der Waals surface area contributed by atoms with Crippen LogP contribution in [-0.4, -0.2) is 44.7 Å². The first kappa shape index (κ1) is 24.0. The van der Waals surface area contributed by atoms with Gasteiger partial charge in [0.25, 0.3) is 0 Å². The lowest BCUT2D eigenvalue weighted by Crippen LogP contribution is -2.17. The van der Waals surface area contributed by atoms with Crippen LogP contribution < -0.4 is 10.6 Å². The Labute approximate surface area is 192 Å². The molecule has 0 aliphatic carbocycles. The van der Waals surface area contributed by atoms with Crippen molar-refractivity contribution in [3.05, 3.63) is 42.2 Å². The van der Waals surface area contributed by atoms with E-state index in [2.05, 4.69) is 32.5 Å². The Morgan fingerprint density at radius 1 is 1.03 bits per heavy atom. The van der Waals surface area contributed by atoms with E-state index in [1.54, 1.807) is 11.5 Å². The molecule has 2 N–H and O–H groups in total. The molecule has 10 heteroatoms. The smallest absolute Gasteiger partial charge is 0.413 e. The molecule has 0 radical (unpaired) electrons. The van der Waals surface area contributed by atoms with Crippen molar-refractivity contribution in [2.24, 2.45) is 0 Å². The molecule has 1 aromatic carbocycles. The third kappa shape index (κ3) is 7.16. The summed E-state index contributed by atoms with van der Waals surface area (Å²) in [7, 11) is 0. The van der Waals surface area contributed by atoms with E-state index in [1.165, 1.54) is 6.33 Å². The normalized spacial score (nSPS) is 10.7. The first-order valence-electron chi connectivity index (χ1n) is 11.2. The molecule has 3 aromatic rings. The second-order valence-corrected chi connectivity index (χ2v) is 7.42. The van der Waals surface area contributed by atoms with Gasteiger partial charge in [0, 0.05) is 6.54 Å². The molecule has 2 heterocycles. The fourth-order valence-corrected chi connectivity index (χ4v) is 3.18. The Morgan fingerprint density at radius 3 is 2.61 bits per heavy atom. The summed E-state index contributed by atoms with van der Waals surface area (Å²) in [6.45, 7) is 4.95. The van der Waals surface area contributed by atoms with Gasteiger partial charge in [0.05, 0.1) is 12.9 Å². The number of carbonyl (C=O) groups is 2. The number of unbranched alkanes of at least 4 members (excludes halogenated alkanes) is 3. The molecule has 176 valence electrons. The van der Waals surface area contributed by atoms with Crippen molar-refractivity contribution < 1.29 is 19.1 Å². The minimum absolute atomic E-state index is 0.0464. The van der Waals surface area contributed by atoms with Crippen LogP contribution in [0.25, 0.3) is 11.2 Å². The maximum Gasteiger partial charge on any atom is 0.413 e. The average Bonchev–Trinajstić information content (AvgIpc) is 3.21. The first-order valence-corrected chi connectivity index (χ1v) is 11.2. The van der Waals surface area contributed by atoms with Gasteiger partial charge in [0.1, 0.15) is 13.2 Å². The largest absolute Gasteiger partial charge is 0.465 e. The van der Waals surface area contributed by atoms with Gasteiger partial charge in [0.15, 0.2) is 17.0 Å². The van der Waals surface area contributed by atoms with Crippen LogP contribution in [0.5, 0.6) is 0 Å². The Bertz CT molecular complexity index is 1050. The fraction of sp³-hybridized carbons (Fsp3) is 0.435. The van der Waals surface area contributed by atoms with Crippen LogP contribution in [-0.2, 0) is 27.4 Å². The van der Waals surface area contributed by atoms with Gasteiger partial charge < -0.3 is 19.4 Å². The molecular formula is C23H30N6O4.